The predicted molar refractivity (Wildman–Crippen MR) is 104 cm³/mol. The molecule has 28 heavy (non-hydrogen) atoms. The lowest BCUT2D eigenvalue weighted by Gasteiger charge is -2.42. The first-order valence-corrected chi connectivity index (χ1v) is 9.53. The number of aromatic nitrogens is 4. The molecular formula is C21H21N5O2. The Morgan fingerprint density at radius 1 is 1.11 bits per heavy atom. The van der Waals surface area contributed by atoms with E-state index in [9.17, 15) is 9.59 Å². The maximum Gasteiger partial charge on any atom is 0.289 e. The fourth-order valence-electron chi connectivity index (χ4n) is 4.52. The normalized spacial score (nSPS) is 20.7. The Hall–Kier alpha value is -3.22. The zero-order valence-electron chi connectivity index (χ0n) is 15.7. The van der Waals surface area contributed by atoms with Gasteiger partial charge < -0.3 is 14.0 Å². The summed E-state index contributed by atoms with van der Waals surface area (Å²) < 4.78 is 3.64. The Kier molecular flexibility index (Phi) is 3.89. The fraction of sp³-hybridized carbons (Fsp3) is 0.333. The van der Waals surface area contributed by atoms with E-state index < -0.39 is 0 Å². The third-order valence-electron chi connectivity index (χ3n) is 5.82. The van der Waals surface area contributed by atoms with Gasteiger partial charge in [0.1, 0.15) is 0 Å². The molecule has 0 N–H and O–H groups in total. The van der Waals surface area contributed by atoms with Crippen LogP contribution in [0.5, 0.6) is 0 Å². The van der Waals surface area contributed by atoms with Crippen LogP contribution in [0.1, 0.15) is 28.7 Å². The van der Waals surface area contributed by atoms with E-state index in [0.717, 1.165) is 23.4 Å². The van der Waals surface area contributed by atoms with E-state index in [0.29, 0.717) is 25.5 Å². The zero-order chi connectivity index (χ0) is 19.3. The Morgan fingerprint density at radius 2 is 2.00 bits per heavy atom. The molecule has 0 unspecified atom stereocenters. The van der Waals surface area contributed by atoms with E-state index in [1.807, 2.05) is 34.7 Å². The summed E-state index contributed by atoms with van der Waals surface area (Å²) in [6.07, 6.45) is 6.16. The Balaban J connectivity index is 1.50. The van der Waals surface area contributed by atoms with Gasteiger partial charge in [0.25, 0.3) is 11.5 Å². The molecule has 2 aliphatic heterocycles. The number of carbonyl (C=O) groups is 1. The van der Waals surface area contributed by atoms with Crippen molar-refractivity contribution in [2.45, 2.75) is 18.9 Å². The number of nitrogens with zero attached hydrogens (tertiary/aromatic N) is 5. The van der Waals surface area contributed by atoms with Gasteiger partial charge in [-0.05, 0) is 30.5 Å². The lowest BCUT2D eigenvalue weighted by molar-refractivity contribution is 0.0579. The predicted octanol–water partition coefficient (Wildman–Crippen LogP) is 1.90. The molecule has 0 aliphatic carbocycles. The number of fused-ring (bicyclic) bond motifs is 4. The molecule has 5 rings (SSSR count). The van der Waals surface area contributed by atoms with Crippen LogP contribution in [0.25, 0.3) is 11.3 Å². The van der Waals surface area contributed by atoms with E-state index in [4.69, 9.17) is 0 Å². The summed E-state index contributed by atoms with van der Waals surface area (Å²) in [5, 5.41) is 0. The van der Waals surface area contributed by atoms with Crippen molar-refractivity contribution < 1.29 is 4.79 Å². The summed E-state index contributed by atoms with van der Waals surface area (Å²) in [4.78, 5) is 36.2. The quantitative estimate of drug-likeness (QED) is 0.686. The third kappa shape index (κ3) is 2.74. The van der Waals surface area contributed by atoms with Crippen LogP contribution in [0.15, 0.2) is 53.7 Å². The fourth-order valence-corrected chi connectivity index (χ4v) is 4.52. The molecule has 7 nitrogen and oxygen atoms in total. The first kappa shape index (κ1) is 16.9. The average Bonchev–Trinajstić information content (AvgIpc) is 3.14. The molecule has 5 heterocycles. The number of hydrogen-bond donors (Lipinski definition) is 0. The third-order valence-corrected chi connectivity index (χ3v) is 5.82. The van der Waals surface area contributed by atoms with Gasteiger partial charge in [0.15, 0.2) is 5.82 Å². The molecular weight excluding hydrogens is 354 g/mol. The van der Waals surface area contributed by atoms with Gasteiger partial charge in [-0.3, -0.25) is 14.6 Å². The van der Waals surface area contributed by atoms with Gasteiger partial charge in [-0.15, -0.1) is 0 Å². The summed E-state index contributed by atoms with van der Waals surface area (Å²) in [6, 6.07) is 9.43. The number of likely N-dealkylation sites (tertiary alicyclic amines) is 1. The number of piperidine rings is 1. The second-order valence-electron chi connectivity index (χ2n) is 7.70. The van der Waals surface area contributed by atoms with Gasteiger partial charge in [-0.1, -0.05) is 6.07 Å². The number of hydrogen-bond acceptors (Lipinski definition) is 4. The van der Waals surface area contributed by atoms with Gasteiger partial charge in [-0.25, -0.2) is 4.98 Å². The maximum atomic E-state index is 12.9. The summed E-state index contributed by atoms with van der Waals surface area (Å²) in [5.41, 5.74) is 2.64. The van der Waals surface area contributed by atoms with Gasteiger partial charge >= 0.3 is 0 Å². The molecule has 2 atom stereocenters. The highest BCUT2D eigenvalue weighted by atomic mass is 16.2. The number of amides is 1. The molecule has 142 valence electrons. The lowest BCUT2D eigenvalue weighted by atomic mass is 9.82. The van der Waals surface area contributed by atoms with Gasteiger partial charge in [0, 0.05) is 68.5 Å². The van der Waals surface area contributed by atoms with E-state index >= 15 is 0 Å². The maximum absolute atomic E-state index is 12.9. The van der Waals surface area contributed by atoms with Crippen LogP contribution in [-0.4, -0.2) is 43.0 Å². The number of pyridine rings is 2. The minimum absolute atomic E-state index is 0.0109. The van der Waals surface area contributed by atoms with Crippen LogP contribution in [0.2, 0.25) is 0 Å². The Bertz CT molecular complexity index is 1100. The second kappa shape index (κ2) is 6.44. The second-order valence-corrected chi connectivity index (χ2v) is 7.70. The van der Waals surface area contributed by atoms with Crippen LogP contribution in [0.4, 0.5) is 0 Å². The molecule has 1 saturated heterocycles. The topological polar surface area (TPSA) is 73.0 Å². The van der Waals surface area contributed by atoms with E-state index in [1.54, 1.807) is 29.2 Å². The van der Waals surface area contributed by atoms with Crippen molar-refractivity contribution in [1.82, 2.24) is 24.0 Å². The van der Waals surface area contributed by atoms with Crippen molar-refractivity contribution in [1.29, 1.82) is 0 Å². The number of rotatable bonds is 2. The van der Waals surface area contributed by atoms with Crippen molar-refractivity contribution in [3.63, 3.8) is 0 Å². The number of aryl methyl sites for hydroxylation is 1. The highest BCUT2D eigenvalue weighted by molar-refractivity contribution is 5.91. The van der Waals surface area contributed by atoms with Gasteiger partial charge in [0.2, 0.25) is 0 Å². The van der Waals surface area contributed by atoms with E-state index in [2.05, 4.69) is 16.0 Å². The van der Waals surface area contributed by atoms with E-state index in [-0.39, 0.29) is 23.3 Å². The molecule has 2 aliphatic rings. The summed E-state index contributed by atoms with van der Waals surface area (Å²) in [5.74, 6) is 0.848. The highest BCUT2D eigenvalue weighted by Crippen LogP contribution is 2.36. The lowest BCUT2D eigenvalue weighted by Crippen LogP contribution is -2.49. The number of imidazole rings is 1. The van der Waals surface area contributed by atoms with Crippen molar-refractivity contribution in [3.05, 3.63) is 70.8 Å². The molecule has 7 heteroatoms. The molecule has 0 radical (unpaired) electrons. The van der Waals surface area contributed by atoms with Crippen LogP contribution in [0.3, 0.4) is 0 Å². The Morgan fingerprint density at radius 3 is 2.75 bits per heavy atom. The standard InChI is InChI=1S/C21H21N5O2/c1-24-7-6-23-20(24)21(28)25-11-14-8-16(13-25)18-9-15(10-19(27)26(18)12-14)17-4-2-3-5-22-17/h2-7,9-10,14,16H,8,11-13H2,1H3/t14-,16+/m0/s1. The van der Waals surface area contributed by atoms with Crippen molar-refractivity contribution >= 4 is 5.91 Å². The molecule has 0 spiro atoms. The SMILES string of the molecule is Cn1ccnc1C(=O)N1C[C@@H]2C[C@H](C1)c1cc(-c3ccccn3)cc(=O)n1C2. The first-order chi connectivity index (χ1) is 13.6. The van der Waals surface area contributed by atoms with Gasteiger partial charge in [-0.2, -0.15) is 0 Å². The minimum Gasteiger partial charge on any atom is -0.335 e. The largest absolute Gasteiger partial charge is 0.335 e. The molecule has 3 aromatic rings. The average molecular weight is 375 g/mol. The monoisotopic (exact) mass is 375 g/mol. The molecule has 2 bridgehead atoms. The summed E-state index contributed by atoms with van der Waals surface area (Å²) in [7, 11) is 1.83. The zero-order valence-corrected chi connectivity index (χ0v) is 15.7. The van der Waals surface area contributed by atoms with Crippen LogP contribution >= 0.6 is 0 Å². The molecule has 0 saturated carbocycles. The Labute approximate surface area is 162 Å². The highest BCUT2D eigenvalue weighted by Gasteiger charge is 2.37. The molecule has 1 fully saturated rings. The van der Waals surface area contributed by atoms with Gasteiger partial charge in [0.05, 0.1) is 5.69 Å². The van der Waals surface area contributed by atoms with Crippen LogP contribution in [0, 0.1) is 5.92 Å². The van der Waals surface area contributed by atoms with E-state index in [1.165, 1.54) is 0 Å². The summed E-state index contributed by atoms with van der Waals surface area (Å²) >= 11 is 0. The molecule has 3 aromatic heterocycles. The smallest absolute Gasteiger partial charge is 0.289 e. The van der Waals surface area contributed by atoms with Crippen LogP contribution in [-0.2, 0) is 13.6 Å². The summed E-state index contributed by atoms with van der Waals surface area (Å²) in [6.45, 7) is 1.92. The van der Waals surface area contributed by atoms with Crippen LogP contribution < -0.4 is 5.56 Å². The van der Waals surface area contributed by atoms with Crippen molar-refractivity contribution in [2.75, 3.05) is 13.1 Å². The first-order valence-electron chi connectivity index (χ1n) is 9.53. The van der Waals surface area contributed by atoms with Crippen molar-refractivity contribution in [2.24, 2.45) is 13.0 Å². The minimum atomic E-state index is -0.0427. The molecule has 1 amide bonds. The van der Waals surface area contributed by atoms with Crippen molar-refractivity contribution in [3.8, 4) is 11.3 Å². The molecule has 0 aromatic carbocycles. The number of carbonyl (C=O) groups excluding carboxylic acids is 1.